The lowest BCUT2D eigenvalue weighted by molar-refractivity contribution is 1.03. The van der Waals surface area contributed by atoms with Crippen LogP contribution in [0.1, 0.15) is 123 Å². The molecule has 0 unspecified atom stereocenters. The molecule has 4 heteroatoms. The normalized spacial score (nSPS) is 15.2. The molecule has 0 spiro atoms. The Hall–Kier alpha value is -3.40. The van der Waals surface area contributed by atoms with Gasteiger partial charge in [-0.25, -0.2) is 0 Å². The van der Waals surface area contributed by atoms with E-state index in [1.54, 1.807) is 0 Å². The molecule has 0 amide bonds. The molecule has 8 bridgehead atoms. The van der Waals surface area contributed by atoms with E-state index in [-0.39, 0.29) is 0 Å². The molecule has 1 aliphatic rings. The van der Waals surface area contributed by atoms with Crippen molar-refractivity contribution in [2.45, 2.75) is 107 Å². The fraction of sp³-hybridized carbons (Fsp3) is 0.444. The van der Waals surface area contributed by atoms with Crippen molar-refractivity contribution in [3.05, 3.63) is 88.7 Å². The highest BCUT2D eigenvalue weighted by atomic mass is 14.8. The van der Waals surface area contributed by atoms with Crippen molar-refractivity contribution in [1.82, 2.24) is 19.9 Å². The zero-order valence-electron chi connectivity index (χ0n) is 26.0. The summed E-state index contributed by atoms with van der Waals surface area (Å²) in [5.74, 6) is 0. The average Bonchev–Trinajstić information content (AvgIpc) is 3.67. The number of hydrogen-bond acceptors (Lipinski definition) is 0. The summed E-state index contributed by atoms with van der Waals surface area (Å²) in [5, 5.41) is 4.94. The number of H-pyrrole nitrogens is 4. The smallest absolute Gasteiger partial charge is 0.0441 e. The summed E-state index contributed by atoms with van der Waals surface area (Å²) in [4.78, 5) is 15.5. The van der Waals surface area contributed by atoms with Crippen LogP contribution in [0.25, 0.3) is 24.3 Å². The molecule has 212 valence electrons. The van der Waals surface area contributed by atoms with E-state index in [1.807, 2.05) is 0 Å². The van der Waals surface area contributed by atoms with Crippen LogP contribution >= 0.6 is 0 Å². The predicted molar refractivity (Wildman–Crippen MR) is 171 cm³/mol. The minimum atomic E-state index is 1.01. The molecular weight excluding hydrogens is 488 g/mol. The molecule has 40 heavy (non-hydrogen) atoms. The van der Waals surface area contributed by atoms with Gasteiger partial charge in [-0.1, -0.05) is 55.4 Å². The fourth-order valence-electron chi connectivity index (χ4n) is 7.28. The van der Waals surface area contributed by atoms with Gasteiger partial charge >= 0.3 is 0 Å². The molecule has 0 saturated carbocycles. The molecular formula is C36H48N4. The molecule has 4 aromatic heterocycles. The van der Waals surface area contributed by atoms with Crippen LogP contribution in [0.2, 0.25) is 0 Å². The van der Waals surface area contributed by atoms with Crippen LogP contribution in [0, 0.1) is 0 Å². The van der Waals surface area contributed by atoms with Crippen LogP contribution in [-0.4, -0.2) is 19.9 Å². The van der Waals surface area contributed by atoms with Gasteiger partial charge in [0.1, 0.15) is 0 Å². The van der Waals surface area contributed by atoms with Crippen molar-refractivity contribution in [1.29, 1.82) is 0 Å². The van der Waals surface area contributed by atoms with Gasteiger partial charge in [-0.3, -0.25) is 0 Å². The second-order valence-corrected chi connectivity index (χ2v) is 11.0. The summed E-state index contributed by atoms with van der Waals surface area (Å²) in [7, 11) is 0. The van der Waals surface area contributed by atoms with Gasteiger partial charge in [0.15, 0.2) is 0 Å². The maximum atomic E-state index is 3.87. The third-order valence-corrected chi connectivity index (χ3v) is 9.12. The Morgan fingerprint density at radius 2 is 0.500 bits per heavy atom. The Morgan fingerprint density at radius 3 is 0.675 bits per heavy atom. The van der Waals surface area contributed by atoms with Crippen molar-refractivity contribution in [3.63, 3.8) is 0 Å². The Kier molecular flexibility index (Phi) is 8.16. The van der Waals surface area contributed by atoms with E-state index in [0.29, 0.717) is 0 Å². The lowest BCUT2D eigenvalue weighted by atomic mass is 10.0. The van der Waals surface area contributed by atoms with E-state index >= 15 is 0 Å². The highest BCUT2D eigenvalue weighted by Gasteiger charge is 2.17. The molecule has 5 rings (SSSR count). The lowest BCUT2D eigenvalue weighted by Crippen LogP contribution is -2.13. The minimum absolute atomic E-state index is 1.01. The van der Waals surface area contributed by atoms with Crippen molar-refractivity contribution in [2.24, 2.45) is 0 Å². The zero-order valence-corrected chi connectivity index (χ0v) is 26.0. The number of aromatic nitrogens is 4. The van der Waals surface area contributed by atoms with Crippen molar-refractivity contribution < 1.29 is 0 Å². The van der Waals surface area contributed by atoms with E-state index in [2.05, 4.69) is 99.6 Å². The Bertz CT molecular complexity index is 1520. The van der Waals surface area contributed by atoms with Crippen molar-refractivity contribution in [3.8, 4) is 0 Å². The van der Waals surface area contributed by atoms with E-state index in [1.165, 1.54) is 88.7 Å². The maximum Gasteiger partial charge on any atom is 0.0441 e. The largest absolute Gasteiger partial charge is 0.355 e. The number of hydrogen-bond donors (Lipinski definition) is 4. The molecule has 4 nitrogen and oxygen atoms in total. The van der Waals surface area contributed by atoms with Gasteiger partial charge in [-0.15, -0.1) is 0 Å². The van der Waals surface area contributed by atoms with Crippen LogP contribution in [0.15, 0.2) is 0 Å². The van der Waals surface area contributed by atoms with Crippen molar-refractivity contribution >= 4 is 24.3 Å². The monoisotopic (exact) mass is 536 g/mol. The summed E-state index contributed by atoms with van der Waals surface area (Å²) in [6.45, 7) is 18.3. The first kappa shape index (κ1) is 28.1. The summed E-state index contributed by atoms with van der Waals surface area (Å²) >= 11 is 0. The molecule has 0 aliphatic carbocycles. The Balaban J connectivity index is 2.00. The van der Waals surface area contributed by atoms with Gasteiger partial charge in [0.05, 0.1) is 0 Å². The predicted octanol–water partition coefficient (Wildman–Crippen LogP) is 5.13. The maximum absolute atomic E-state index is 3.87. The van der Waals surface area contributed by atoms with Crippen LogP contribution in [0.3, 0.4) is 0 Å². The first-order valence-electron chi connectivity index (χ1n) is 15.8. The fourth-order valence-corrected chi connectivity index (χ4v) is 7.28. The third-order valence-electron chi connectivity index (χ3n) is 9.12. The molecule has 0 fully saturated rings. The lowest BCUT2D eigenvalue weighted by Gasteiger charge is -2.02. The van der Waals surface area contributed by atoms with Crippen molar-refractivity contribution in [2.75, 3.05) is 0 Å². The average molecular weight is 537 g/mol. The van der Waals surface area contributed by atoms with Gasteiger partial charge in [0.25, 0.3) is 0 Å². The molecule has 0 radical (unpaired) electrons. The third kappa shape index (κ3) is 4.56. The SMILES string of the molecule is CCc1c2[nH]c(c1CC)/C=c1\[nH]/c(c(CC)c1CC)=C\c1[nH]c(c(CC)c1CC)/C=c1\[nH]c(c(CC)c1CC)=C2. The van der Waals surface area contributed by atoms with Gasteiger partial charge in [-0.05, 0) is 120 Å². The molecule has 4 N–H and O–H groups in total. The minimum Gasteiger partial charge on any atom is -0.355 e. The summed E-state index contributed by atoms with van der Waals surface area (Å²) in [6.07, 6.45) is 17.6. The first-order valence-corrected chi connectivity index (χ1v) is 15.8. The molecule has 0 aromatic carbocycles. The number of rotatable bonds is 8. The summed E-state index contributed by atoms with van der Waals surface area (Å²) in [5.41, 5.74) is 16.4. The second kappa shape index (κ2) is 11.6. The van der Waals surface area contributed by atoms with Gasteiger partial charge in [-0.2, -0.15) is 0 Å². The number of fused-ring (bicyclic) bond motifs is 8. The van der Waals surface area contributed by atoms with E-state index < -0.39 is 0 Å². The molecule has 0 saturated heterocycles. The highest BCUT2D eigenvalue weighted by molar-refractivity contribution is 5.65. The first-order chi connectivity index (χ1) is 19.5. The van der Waals surface area contributed by atoms with Gasteiger partial charge < -0.3 is 19.9 Å². The summed E-state index contributed by atoms with van der Waals surface area (Å²) < 4.78 is 0. The zero-order chi connectivity index (χ0) is 28.6. The van der Waals surface area contributed by atoms with Crippen LogP contribution in [0.5, 0.6) is 0 Å². The summed E-state index contributed by atoms with van der Waals surface area (Å²) in [6, 6.07) is 0. The quantitative estimate of drug-likeness (QED) is 0.213. The second-order valence-electron chi connectivity index (χ2n) is 11.0. The van der Waals surface area contributed by atoms with Crippen LogP contribution < -0.4 is 21.4 Å². The van der Waals surface area contributed by atoms with E-state index in [4.69, 9.17) is 0 Å². The van der Waals surface area contributed by atoms with Gasteiger partial charge in [0.2, 0.25) is 0 Å². The number of aromatic amines is 4. The van der Waals surface area contributed by atoms with E-state index in [9.17, 15) is 0 Å². The van der Waals surface area contributed by atoms with Crippen LogP contribution in [-0.2, 0) is 51.4 Å². The number of nitrogens with one attached hydrogen (secondary N) is 4. The molecule has 0 atom stereocenters. The van der Waals surface area contributed by atoms with Gasteiger partial charge in [0, 0.05) is 44.2 Å². The Labute approximate surface area is 239 Å². The highest BCUT2D eigenvalue weighted by Crippen LogP contribution is 2.24. The molecule has 4 aromatic rings. The molecule has 5 heterocycles. The Morgan fingerprint density at radius 1 is 0.300 bits per heavy atom. The van der Waals surface area contributed by atoms with Crippen LogP contribution in [0.4, 0.5) is 0 Å². The topological polar surface area (TPSA) is 63.2 Å². The molecule has 1 aliphatic heterocycles. The van der Waals surface area contributed by atoms with E-state index in [0.717, 1.165) is 51.4 Å². The standard InChI is InChI=1S/C36H48N4/c1-9-21-22(10-2)30-18-32-25(13-5)26(14-6)34(39-32)20-36-28(16-8)27(15-7)35(40-36)19-33-24(12-4)23(11-3)31(38-33)17-29(21)37-30/h17-20,37-40H,9-16H2,1-8H3/b29-17-,30-18-,31-17?,32-18?,33-19?,34-20?,35-19-,36-20?.